The minimum absolute atomic E-state index is 0.0296. The molecule has 1 fully saturated rings. The van der Waals surface area contributed by atoms with Gasteiger partial charge in [-0.2, -0.15) is 0 Å². The summed E-state index contributed by atoms with van der Waals surface area (Å²) in [7, 11) is 0. The van der Waals surface area contributed by atoms with Crippen molar-refractivity contribution >= 4 is 16.9 Å². The molecule has 100 valence electrons. The second-order valence-corrected chi connectivity index (χ2v) is 5.03. The number of nitrogens with one attached hydrogen (secondary N) is 2. The van der Waals surface area contributed by atoms with Crippen LogP contribution in [0.25, 0.3) is 10.9 Å². The molecule has 0 unspecified atom stereocenters. The number of hydrogen-bond donors (Lipinski definition) is 3. The lowest BCUT2D eigenvalue weighted by atomic mass is 9.93. The van der Waals surface area contributed by atoms with Gasteiger partial charge in [0.25, 0.3) is 5.56 Å². The van der Waals surface area contributed by atoms with Gasteiger partial charge >= 0.3 is 0 Å². The molecule has 0 radical (unpaired) electrons. The van der Waals surface area contributed by atoms with Crippen molar-refractivity contribution in [3.05, 3.63) is 34.6 Å². The second-order valence-electron chi connectivity index (χ2n) is 5.03. The molecule has 5 nitrogen and oxygen atoms in total. The van der Waals surface area contributed by atoms with E-state index in [0.717, 1.165) is 25.7 Å². The minimum Gasteiger partial charge on any atom is -0.391 e. The van der Waals surface area contributed by atoms with Gasteiger partial charge in [-0.1, -0.05) is 25.0 Å². The Kier molecular flexibility index (Phi) is 3.21. The van der Waals surface area contributed by atoms with Crippen LogP contribution >= 0.6 is 0 Å². The Labute approximate surface area is 110 Å². The van der Waals surface area contributed by atoms with Gasteiger partial charge in [0.1, 0.15) is 0 Å². The highest BCUT2D eigenvalue weighted by Gasteiger charge is 2.23. The quantitative estimate of drug-likeness (QED) is 0.766. The summed E-state index contributed by atoms with van der Waals surface area (Å²) in [6.07, 6.45) is 3.48. The monoisotopic (exact) mass is 259 g/mol. The number of aliphatic hydroxyl groups excluding tert-OH is 1. The summed E-state index contributed by atoms with van der Waals surface area (Å²) in [5, 5.41) is 13.7. The lowest BCUT2D eigenvalue weighted by molar-refractivity contribution is 0.116. The van der Waals surface area contributed by atoms with E-state index in [1.807, 2.05) is 18.2 Å². The van der Waals surface area contributed by atoms with Crippen molar-refractivity contribution in [2.75, 3.05) is 5.32 Å². The molecular formula is C14H17N3O2. The van der Waals surface area contributed by atoms with Crippen molar-refractivity contribution in [2.45, 2.75) is 37.8 Å². The maximum Gasteiger partial charge on any atom is 0.260 e. The molecule has 1 saturated carbocycles. The molecule has 0 saturated heterocycles. The Bertz CT molecular complexity index is 638. The van der Waals surface area contributed by atoms with Crippen molar-refractivity contribution in [1.29, 1.82) is 0 Å². The van der Waals surface area contributed by atoms with Gasteiger partial charge in [0.15, 0.2) is 0 Å². The number of hydrogen-bond acceptors (Lipinski definition) is 4. The van der Waals surface area contributed by atoms with Crippen LogP contribution < -0.4 is 10.9 Å². The van der Waals surface area contributed by atoms with E-state index in [1.165, 1.54) is 0 Å². The SMILES string of the molecule is O=c1[nH]c(N[C@H]2CCCC[C@H]2O)nc2ccccc12. The Morgan fingerprint density at radius 2 is 2.05 bits per heavy atom. The summed E-state index contributed by atoms with van der Waals surface area (Å²) in [5.74, 6) is 0.439. The number of para-hydroxylation sites is 1. The lowest BCUT2D eigenvalue weighted by Crippen LogP contribution is -2.37. The number of nitrogens with zero attached hydrogens (tertiary/aromatic N) is 1. The lowest BCUT2D eigenvalue weighted by Gasteiger charge is -2.28. The van der Waals surface area contributed by atoms with Gasteiger partial charge in [-0.15, -0.1) is 0 Å². The van der Waals surface area contributed by atoms with Crippen LogP contribution in [-0.4, -0.2) is 27.2 Å². The molecule has 1 aliphatic rings. The molecule has 2 atom stereocenters. The van der Waals surface area contributed by atoms with Crippen LogP contribution in [0.5, 0.6) is 0 Å². The molecule has 3 N–H and O–H groups in total. The average molecular weight is 259 g/mol. The molecule has 19 heavy (non-hydrogen) atoms. The highest BCUT2D eigenvalue weighted by atomic mass is 16.3. The van der Waals surface area contributed by atoms with Crippen LogP contribution in [0.2, 0.25) is 0 Å². The van der Waals surface area contributed by atoms with Crippen LogP contribution in [0.3, 0.4) is 0 Å². The zero-order valence-corrected chi connectivity index (χ0v) is 10.6. The normalized spacial score (nSPS) is 23.4. The third-order valence-electron chi connectivity index (χ3n) is 3.66. The van der Waals surface area contributed by atoms with E-state index in [9.17, 15) is 9.90 Å². The van der Waals surface area contributed by atoms with Crippen molar-refractivity contribution < 1.29 is 5.11 Å². The molecule has 0 amide bonds. The minimum atomic E-state index is -0.370. The van der Waals surface area contributed by atoms with Crippen LogP contribution in [0.4, 0.5) is 5.95 Å². The largest absolute Gasteiger partial charge is 0.391 e. The number of H-pyrrole nitrogens is 1. The molecule has 0 spiro atoms. The van der Waals surface area contributed by atoms with E-state index in [1.54, 1.807) is 6.07 Å². The molecule has 1 aromatic carbocycles. The molecule has 1 aromatic heterocycles. The van der Waals surface area contributed by atoms with E-state index in [2.05, 4.69) is 15.3 Å². The molecule has 1 heterocycles. The molecule has 2 aromatic rings. The third kappa shape index (κ3) is 2.46. The predicted molar refractivity (Wildman–Crippen MR) is 74.2 cm³/mol. The fourth-order valence-electron chi connectivity index (χ4n) is 2.61. The third-order valence-corrected chi connectivity index (χ3v) is 3.66. The van der Waals surface area contributed by atoms with E-state index in [0.29, 0.717) is 16.9 Å². The Morgan fingerprint density at radius 1 is 1.26 bits per heavy atom. The molecule has 5 heteroatoms. The molecular weight excluding hydrogens is 242 g/mol. The fraction of sp³-hybridized carbons (Fsp3) is 0.429. The number of aromatic nitrogens is 2. The predicted octanol–water partition coefficient (Wildman–Crippen LogP) is 1.64. The molecule has 3 rings (SSSR count). The summed E-state index contributed by atoms with van der Waals surface area (Å²) in [4.78, 5) is 19.0. The van der Waals surface area contributed by atoms with Crippen molar-refractivity contribution in [2.24, 2.45) is 0 Å². The van der Waals surface area contributed by atoms with Gasteiger partial charge in [-0.05, 0) is 25.0 Å². The van der Waals surface area contributed by atoms with Gasteiger partial charge in [0, 0.05) is 0 Å². The topological polar surface area (TPSA) is 78.0 Å². The first-order valence-corrected chi connectivity index (χ1v) is 6.68. The summed E-state index contributed by atoms with van der Waals surface area (Å²) >= 11 is 0. The first-order chi connectivity index (χ1) is 9.24. The molecule has 1 aliphatic carbocycles. The average Bonchev–Trinajstić information content (AvgIpc) is 2.42. The standard InChI is InChI=1S/C14H17N3O2/c18-12-8-4-3-7-11(12)16-14-15-10-6-2-1-5-9(10)13(19)17-14/h1-2,5-6,11-12,18H,3-4,7-8H2,(H2,15,16,17,19)/t11-,12+/m0/s1. The van der Waals surface area contributed by atoms with E-state index >= 15 is 0 Å². The number of aromatic amines is 1. The Hall–Kier alpha value is -1.88. The zero-order chi connectivity index (χ0) is 13.2. The van der Waals surface area contributed by atoms with Crippen LogP contribution in [0.1, 0.15) is 25.7 Å². The van der Waals surface area contributed by atoms with Gasteiger partial charge < -0.3 is 10.4 Å². The maximum absolute atomic E-state index is 11.9. The summed E-state index contributed by atoms with van der Waals surface area (Å²) in [5.41, 5.74) is 0.512. The maximum atomic E-state index is 11.9. The van der Waals surface area contributed by atoms with E-state index < -0.39 is 0 Å². The number of aliphatic hydroxyl groups is 1. The Morgan fingerprint density at radius 3 is 2.89 bits per heavy atom. The smallest absolute Gasteiger partial charge is 0.260 e. The van der Waals surface area contributed by atoms with Gasteiger partial charge in [0.05, 0.1) is 23.0 Å². The summed E-state index contributed by atoms with van der Waals surface area (Å²) < 4.78 is 0. The first kappa shape index (κ1) is 12.2. The van der Waals surface area contributed by atoms with Crippen LogP contribution in [0.15, 0.2) is 29.1 Å². The summed E-state index contributed by atoms with van der Waals surface area (Å²) in [6, 6.07) is 7.21. The highest BCUT2D eigenvalue weighted by molar-refractivity contribution is 5.78. The number of fused-ring (bicyclic) bond motifs is 1. The fourth-order valence-corrected chi connectivity index (χ4v) is 2.61. The highest BCUT2D eigenvalue weighted by Crippen LogP contribution is 2.21. The number of benzene rings is 1. The summed E-state index contributed by atoms with van der Waals surface area (Å²) in [6.45, 7) is 0. The van der Waals surface area contributed by atoms with Gasteiger partial charge in [-0.25, -0.2) is 4.98 Å². The number of rotatable bonds is 2. The van der Waals surface area contributed by atoms with Crippen LogP contribution in [-0.2, 0) is 0 Å². The van der Waals surface area contributed by atoms with Crippen LogP contribution in [0, 0.1) is 0 Å². The van der Waals surface area contributed by atoms with Crippen molar-refractivity contribution in [3.63, 3.8) is 0 Å². The number of anilines is 1. The molecule has 0 bridgehead atoms. The first-order valence-electron chi connectivity index (χ1n) is 6.68. The van der Waals surface area contributed by atoms with E-state index in [-0.39, 0.29) is 17.7 Å². The van der Waals surface area contributed by atoms with E-state index in [4.69, 9.17) is 0 Å². The zero-order valence-electron chi connectivity index (χ0n) is 10.6. The molecule has 0 aliphatic heterocycles. The van der Waals surface area contributed by atoms with Gasteiger partial charge in [-0.3, -0.25) is 9.78 Å². The second kappa shape index (κ2) is 5.01. The van der Waals surface area contributed by atoms with Crippen molar-refractivity contribution in [3.8, 4) is 0 Å². The van der Waals surface area contributed by atoms with Gasteiger partial charge in [0.2, 0.25) is 5.95 Å². The van der Waals surface area contributed by atoms with Crippen molar-refractivity contribution in [1.82, 2.24) is 9.97 Å². The Balaban J connectivity index is 1.91.